The van der Waals surface area contributed by atoms with Crippen molar-refractivity contribution in [2.75, 3.05) is 13.7 Å². The first kappa shape index (κ1) is 15.7. The maximum Gasteiger partial charge on any atom is 0.330 e. The number of esters is 1. The minimum Gasteiger partial charge on any atom is -0.467 e. The smallest absolute Gasteiger partial charge is 0.330 e. The molecule has 1 unspecified atom stereocenters. The molecule has 0 saturated carbocycles. The highest BCUT2D eigenvalue weighted by Crippen LogP contribution is 2.28. The minimum atomic E-state index is -0.727. The van der Waals surface area contributed by atoms with Crippen molar-refractivity contribution in [3.63, 3.8) is 0 Å². The number of nitrogens with one attached hydrogen (secondary N) is 1. The zero-order valence-corrected chi connectivity index (χ0v) is 12.4. The Kier molecular flexibility index (Phi) is 6.03. The summed E-state index contributed by atoms with van der Waals surface area (Å²) in [4.78, 5) is 12.4. The minimum absolute atomic E-state index is 0.207. The van der Waals surface area contributed by atoms with Crippen LogP contribution in [0, 0.1) is 5.92 Å². The molecular formula is C16H25NO2. The summed E-state index contributed by atoms with van der Waals surface area (Å²) >= 11 is 0. The van der Waals surface area contributed by atoms with E-state index in [9.17, 15) is 4.79 Å². The fraction of sp³-hybridized carbons (Fsp3) is 0.562. The van der Waals surface area contributed by atoms with Crippen molar-refractivity contribution in [3.8, 4) is 0 Å². The van der Waals surface area contributed by atoms with E-state index in [0.29, 0.717) is 5.92 Å². The van der Waals surface area contributed by atoms with Crippen molar-refractivity contribution in [3.05, 3.63) is 35.9 Å². The average molecular weight is 263 g/mol. The molecular weight excluding hydrogens is 238 g/mol. The first-order chi connectivity index (χ1) is 9.06. The number of hydrogen-bond donors (Lipinski definition) is 1. The van der Waals surface area contributed by atoms with Crippen LogP contribution in [0.4, 0.5) is 0 Å². The summed E-state index contributed by atoms with van der Waals surface area (Å²) in [6.07, 6.45) is 1.64. The molecule has 3 nitrogen and oxygen atoms in total. The van der Waals surface area contributed by atoms with Gasteiger partial charge in [-0.15, -0.1) is 0 Å². The van der Waals surface area contributed by atoms with Crippen molar-refractivity contribution in [1.82, 2.24) is 5.32 Å². The average Bonchev–Trinajstić information content (AvgIpc) is 2.43. The number of rotatable bonds is 7. The quantitative estimate of drug-likeness (QED) is 0.768. The van der Waals surface area contributed by atoms with Crippen molar-refractivity contribution in [2.24, 2.45) is 5.92 Å². The fourth-order valence-electron chi connectivity index (χ4n) is 2.28. The van der Waals surface area contributed by atoms with Gasteiger partial charge in [0.2, 0.25) is 0 Å². The highest BCUT2D eigenvalue weighted by Gasteiger charge is 2.40. The number of carbonyl (C=O) groups excluding carboxylic acids is 1. The predicted octanol–water partition coefficient (Wildman–Crippen LogP) is 3.10. The van der Waals surface area contributed by atoms with Gasteiger partial charge >= 0.3 is 5.97 Å². The molecule has 1 N–H and O–H groups in total. The SMILES string of the molecule is CCCC(NCC(C)C)(C(=O)OC)c1ccccc1. The first-order valence-corrected chi connectivity index (χ1v) is 6.95. The Morgan fingerprint density at radius 3 is 2.42 bits per heavy atom. The van der Waals surface area contributed by atoms with Gasteiger partial charge in [0, 0.05) is 0 Å². The summed E-state index contributed by atoms with van der Waals surface area (Å²) in [6, 6.07) is 9.85. The normalized spacial score (nSPS) is 14.2. The molecule has 0 radical (unpaired) electrons. The van der Waals surface area contributed by atoms with Crippen LogP contribution in [-0.2, 0) is 15.1 Å². The monoisotopic (exact) mass is 263 g/mol. The topological polar surface area (TPSA) is 38.3 Å². The van der Waals surface area contributed by atoms with Crippen LogP contribution in [0.25, 0.3) is 0 Å². The Balaban J connectivity index is 3.15. The van der Waals surface area contributed by atoms with Crippen LogP contribution in [0.5, 0.6) is 0 Å². The van der Waals surface area contributed by atoms with E-state index in [1.807, 2.05) is 30.3 Å². The largest absolute Gasteiger partial charge is 0.467 e. The van der Waals surface area contributed by atoms with Gasteiger partial charge in [-0.1, -0.05) is 57.5 Å². The molecule has 106 valence electrons. The molecule has 0 fully saturated rings. The Morgan fingerprint density at radius 2 is 1.95 bits per heavy atom. The van der Waals surface area contributed by atoms with E-state index in [-0.39, 0.29) is 5.97 Å². The standard InChI is InChI=1S/C16H25NO2/c1-5-11-16(15(18)19-4,17-12-13(2)3)14-9-7-6-8-10-14/h6-10,13,17H,5,11-12H2,1-4H3. The van der Waals surface area contributed by atoms with Crippen LogP contribution in [-0.4, -0.2) is 19.6 Å². The van der Waals surface area contributed by atoms with Gasteiger partial charge in [-0.25, -0.2) is 4.79 Å². The third-order valence-electron chi connectivity index (χ3n) is 3.24. The second-order valence-electron chi connectivity index (χ2n) is 5.29. The molecule has 0 aliphatic carbocycles. The van der Waals surface area contributed by atoms with E-state index >= 15 is 0 Å². The summed E-state index contributed by atoms with van der Waals surface area (Å²) in [5.74, 6) is 0.269. The number of hydrogen-bond acceptors (Lipinski definition) is 3. The second kappa shape index (κ2) is 7.29. The summed E-state index contributed by atoms with van der Waals surface area (Å²) in [5, 5.41) is 3.43. The van der Waals surface area contributed by atoms with E-state index in [0.717, 1.165) is 24.9 Å². The predicted molar refractivity (Wildman–Crippen MR) is 77.9 cm³/mol. The highest BCUT2D eigenvalue weighted by atomic mass is 16.5. The van der Waals surface area contributed by atoms with E-state index in [1.54, 1.807) is 0 Å². The number of carbonyl (C=O) groups is 1. The van der Waals surface area contributed by atoms with Gasteiger partial charge in [0.15, 0.2) is 0 Å². The van der Waals surface area contributed by atoms with Crippen LogP contribution in [0.15, 0.2) is 30.3 Å². The van der Waals surface area contributed by atoms with Gasteiger partial charge in [0.05, 0.1) is 7.11 Å². The third kappa shape index (κ3) is 3.80. The van der Waals surface area contributed by atoms with E-state index < -0.39 is 5.54 Å². The van der Waals surface area contributed by atoms with Gasteiger partial charge < -0.3 is 4.74 Å². The van der Waals surface area contributed by atoms with Crippen molar-refractivity contribution in [2.45, 2.75) is 39.2 Å². The van der Waals surface area contributed by atoms with Gasteiger partial charge in [-0.05, 0) is 24.4 Å². The number of benzene rings is 1. The lowest BCUT2D eigenvalue weighted by atomic mass is 9.85. The van der Waals surface area contributed by atoms with Crippen molar-refractivity contribution in [1.29, 1.82) is 0 Å². The zero-order valence-electron chi connectivity index (χ0n) is 12.4. The second-order valence-corrected chi connectivity index (χ2v) is 5.29. The van der Waals surface area contributed by atoms with Crippen LogP contribution in [0.1, 0.15) is 39.2 Å². The maximum atomic E-state index is 12.4. The van der Waals surface area contributed by atoms with E-state index in [4.69, 9.17) is 4.74 Å². The molecule has 0 bridgehead atoms. The Bertz CT molecular complexity index is 389. The van der Waals surface area contributed by atoms with E-state index in [2.05, 4.69) is 26.1 Å². The molecule has 0 amide bonds. The molecule has 0 aliphatic rings. The van der Waals surface area contributed by atoms with Crippen LogP contribution in [0.2, 0.25) is 0 Å². The summed E-state index contributed by atoms with van der Waals surface area (Å²) in [7, 11) is 1.45. The summed E-state index contributed by atoms with van der Waals surface area (Å²) < 4.78 is 5.05. The third-order valence-corrected chi connectivity index (χ3v) is 3.24. The van der Waals surface area contributed by atoms with Crippen molar-refractivity contribution < 1.29 is 9.53 Å². The fourth-order valence-corrected chi connectivity index (χ4v) is 2.28. The van der Waals surface area contributed by atoms with Gasteiger partial charge in [0.25, 0.3) is 0 Å². The molecule has 0 heterocycles. The molecule has 3 heteroatoms. The van der Waals surface area contributed by atoms with Crippen LogP contribution >= 0.6 is 0 Å². The highest BCUT2D eigenvalue weighted by molar-refractivity contribution is 5.82. The lowest BCUT2D eigenvalue weighted by Crippen LogP contribution is -2.51. The summed E-state index contributed by atoms with van der Waals surface area (Å²) in [6.45, 7) is 7.12. The molecule has 1 aromatic carbocycles. The van der Waals surface area contributed by atoms with Crippen LogP contribution in [0.3, 0.4) is 0 Å². The maximum absolute atomic E-state index is 12.4. The van der Waals surface area contributed by atoms with E-state index in [1.165, 1.54) is 7.11 Å². The zero-order chi connectivity index (χ0) is 14.3. The Morgan fingerprint density at radius 1 is 1.32 bits per heavy atom. The lowest BCUT2D eigenvalue weighted by Gasteiger charge is -2.33. The van der Waals surface area contributed by atoms with Gasteiger partial charge in [-0.2, -0.15) is 0 Å². The molecule has 1 atom stereocenters. The molecule has 0 aromatic heterocycles. The Labute approximate surface area is 116 Å². The molecule has 0 aliphatic heterocycles. The summed E-state index contributed by atoms with van der Waals surface area (Å²) in [5.41, 5.74) is 0.249. The van der Waals surface area contributed by atoms with Crippen molar-refractivity contribution >= 4 is 5.97 Å². The molecule has 1 aromatic rings. The molecule has 0 saturated heterocycles. The molecule has 0 spiro atoms. The molecule has 19 heavy (non-hydrogen) atoms. The first-order valence-electron chi connectivity index (χ1n) is 6.95. The number of methoxy groups -OCH3 is 1. The Hall–Kier alpha value is -1.35. The van der Waals surface area contributed by atoms with Crippen LogP contribution < -0.4 is 5.32 Å². The number of ether oxygens (including phenoxy) is 1. The lowest BCUT2D eigenvalue weighted by molar-refractivity contribution is -0.149. The van der Waals surface area contributed by atoms with Gasteiger partial charge in [0.1, 0.15) is 5.54 Å². The van der Waals surface area contributed by atoms with Gasteiger partial charge in [-0.3, -0.25) is 5.32 Å². The molecule has 1 rings (SSSR count).